The van der Waals surface area contributed by atoms with Crippen LogP contribution in [0, 0.1) is 5.82 Å². The lowest BCUT2D eigenvalue weighted by atomic mass is 10.1. The monoisotopic (exact) mass is 394 g/mol. The molecular formula is C20H19FN6O2. The first-order valence-electron chi connectivity index (χ1n) is 9.08. The predicted octanol–water partition coefficient (Wildman–Crippen LogP) is 1.34. The summed E-state index contributed by atoms with van der Waals surface area (Å²) >= 11 is 0. The summed E-state index contributed by atoms with van der Waals surface area (Å²) in [5.74, 6) is -0.555. The number of aryl methyl sites for hydroxylation is 1. The number of likely N-dealkylation sites (N-methyl/N-ethyl adjacent to an activating group) is 1. The number of nitrogens with zero attached hydrogens (tertiary/aromatic N) is 6. The summed E-state index contributed by atoms with van der Waals surface area (Å²) in [5.41, 5.74) is 0.830. The number of rotatable bonds is 4. The number of halogens is 1. The number of hydrogen-bond donors (Lipinski definition) is 0. The van der Waals surface area contributed by atoms with E-state index in [1.807, 2.05) is 18.2 Å². The minimum atomic E-state index is -0.481. The van der Waals surface area contributed by atoms with Gasteiger partial charge in [-0.3, -0.25) is 9.59 Å². The molecule has 0 radical (unpaired) electrons. The van der Waals surface area contributed by atoms with Gasteiger partial charge in [0.2, 0.25) is 0 Å². The first-order chi connectivity index (χ1) is 14.0. The number of aromatic nitrogens is 4. The molecule has 0 aliphatic carbocycles. The number of benzene rings is 1. The van der Waals surface area contributed by atoms with E-state index in [1.165, 1.54) is 25.5 Å². The highest BCUT2D eigenvalue weighted by atomic mass is 19.1. The molecular weight excluding hydrogens is 375 g/mol. The molecule has 0 N–H and O–H groups in total. The summed E-state index contributed by atoms with van der Waals surface area (Å²) in [7, 11) is 3.16. The number of carbonyl (C=O) groups excluding carboxylic acids is 1. The van der Waals surface area contributed by atoms with E-state index in [9.17, 15) is 14.0 Å². The van der Waals surface area contributed by atoms with Gasteiger partial charge in [0.15, 0.2) is 11.6 Å². The molecule has 1 fully saturated rings. The van der Waals surface area contributed by atoms with E-state index in [0.717, 1.165) is 4.68 Å². The average Bonchev–Trinajstić information content (AvgIpc) is 2.70. The molecule has 0 spiro atoms. The van der Waals surface area contributed by atoms with Crippen molar-refractivity contribution in [1.82, 2.24) is 24.6 Å². The van der Waals surface area contributed by atoms with Crippen molar-refractivity contribution in [2.24, 2.45) is 7.05 Å². The SMILES string of the molecule is CN(C(=O)c1ccc(=O)n(C)n1)C1CN(c2ncnc(-c3ccccc3)c2F)C1. The van der Waals surface area contributed by atoms with Gasteiger partial charge in [0.05, 0.1) is 6.04 Å². The number of hydrogen-bond acceptors (Lipinski definition) is 6. The highest BCUT2D eigenvalue weighted by Gasteiger charge is 2.36. The van der Waals surface area contributed by atoms with Crippen molar-refractivity contribution < 1.29 is 9.18 Å². The van der Waals surface area contributed by atoms with Crippen LogP contribution in [0.2, 0.25) is 0 Å². The molecule has 0 atom stereocenters. The molecule has 1 aliphatic rings. The van der Waals surface area contributed by atoms with Crippen LogP contribution in [0.15, 0.2) is 53.6 Å². The summed E-state index contributed by atoms with van der Waals surface area (Å²) in [6.07, 6.45) is 1.34. The van der Waals surface area contributed by atoms with Crippen molar-refractivity contribution in [3.8, 4) is 11.3 Å². The summed E-state index contributed by atoms with van der Waals surface area (Å²) in [5, 5.41) is 3.99. The highest BCUT2D eigenvalue weighted by molar-refractivity contribution is 5.92. The third-order valence-electron chi connectivity index (χ3n) is 5.03. The molecule has 29 heavy (non-hydrogen) atoms. The molecule has 0 unspecified atom stereocenters. The Kier molecular flexibility index (Phi) is 4.79. The van der Waals surface area contributed by atoms with Gasteiger partial charge in [-0.15, -0.1) is 0 Å². The number of amides is 1. The van der Waals surface area contributed by atoms with Gasteiger partial charge < -0.3 is 9.80 Å². The van der Waals surface area contributed by atoms with E-state index in [4.69, 9.17) is 0 Å². The number of anilines is 1. The molecule has 2 aromatic heterocycles. The summed E-state index contributed by atoms with van der Waals surface area (Å²) in [6.45, 7) is 0.881. The molecule has 9 heteroatoms. The summed E-state index contributed by atoms with van der Waals surface area (Å²) in [4.78, 5) is 35.6. The Morgan fingerprint density at radius 3 is 2.55 bits per heavy atom. The van der Waals surface area contributed by atoms with Crippen LogP contribution in [-0.2, 0) is 7.05 Å². The van der Waals surface area contributed by atoms with Crippen molar-refractivity contribution in [2.45, 2.75) is 6.04 Å². The molecule has 8 nitrogen and oxygen atoms in total. The van der Waals surface area contributed by atoms with Gasteiger partial charge in [-0.1, -0.05) is 30.3 Å². The van der Waals surface area contributed by atoms with Gasteiger partial charge >= 0.3 is 0 Å². The van der Waals surface area contributed by atoms with Gasteiger partial charge in [0.25, 0.3) is 11.5 Å². The Bertz CT molecular complexity index is 1110. The zero-order valence-electron chi connectivity index (χ0n) is 16.0. The van der Waals surface area contributed by atoms with Crippen LogP contribution >= 0.6 is 0 Å². The third-order valence-corrected chi connectivity index (χ3v) is 5.03. The van der Waals surface area contributed by atoms with Crippen molar-refractivity contribution in [1.29, 1.82) is 0 Å². The van der Waals surface area contributed by atoms with Crippen LogP contribution in [0.3, 0.4) is 0 Å². The summed E-state index contributed by atoms with van der Waals surface area (Å²) in [6, 6.07) is 11.7. The molecule has 1 aliphatic heterocycles. The molecule has 1 saturated heterocycles. The highest BCUT2D eigenvalue weighted by Crippen LogP contribution is 2.29. The molecule has 148 valence electrons. The van der Waals surface area contributed by atoms with E-state index in [-0.39, 0.29) is 34.7 Å². The van der Waals surface area contributed by atoms with Crippen molar-refractivity contribution >= 4 is 11.7 Å². The largest absolute Gasteiger partial charge is 0.350 e. The van der Waals surface area contributed by atoms with Crippen LogP contribution in [0.5, 0.6) is 0 Å². The van der Waals surface area contributed by atoms with E-state index in [2.05, 4.69) is 15.1 Å². The second kappa shape index (κ2) is 7.42. The molecule has 0 bridgehead atoms. The predicted molar refractivity (Wildman–Crippen MR) is 105 cm³/mol. The second-order valence-corrected chi connectivity index (χ2v) is 6.88. The third kappa shape index (κ3) is 3.46. The standard InChI is InChI=1S/C20H19FN6O2/c1-25(20(29)15-8-9-16(28)26(2)24-15)14-10-27(11-14)19-17(21)18(22-12-23-19)13-6-4-3-5-7-13/h3-9,12,14H,10-11H2,1-2H3. The first-order valence-corrected chi connectivity index (χ1v) is 9.08. The average molecular weight is 394 g/mol. The molecule has 0 saturated carbocycles. The fourth-order valence-electron chi connectivity index (χ4n) is 3.21. The zero-order valence-corrected chi connectivity index (χ0v) is 16.0. The van der Waals surface area contributed by atoms with Crippen LogP contribution < -0.4 is 10.5 Å². The lowest BCUT2D eigenvalue weighted by molar-refractivity contribution is 0.0696. The van der Waals surface area contributed by atoms with E-state index < -0.39 is 5.82 Å². The maximum atomic E-state index is 15.0. The van der Waals surface area contributed by atoms with Gasteiger partial charge in [0.1, 0.15) is 17.7 Å². The van der Waals surface area contributed by atoms with Crippen LogP contribution in [0.4, 0.5) is 10.2 Å². The van der Waals surface area contributed by atoms with Crippen LogP contribution in [-0.4, -0.2) is 56.7 Å². The van der Waals surface area contributed by atoms with Gasteiger partial charge in [0, 0.05) is 38.8 Å². The fraction of sp³-hybridized carbons (Fsp3) is 0.250. The zero-order chi connectivity index (χ0) is 20.5. The lowest BCUT2D eigenvalue weighted by Gasteiger charge is -2.44. The minimum absolute atomic E-state index is 0.115. The molecule has 4 rings (SSSR count). The van der Waals surface area contributed by atoms with Gasteiger partial charge in [-0.2, -0.15) is 5.10 Å². The molecule has 3 heterocycles. The van der Waals surface area contributed by atoms with Gasteiger partial charge in [-0.05, 0) is 6.07 Å². The number of carbonyl (C=O) groups is 1. The lowest BCUT2D eigenvalue weighted by Crippen LogP contribution is -2.60. The van der Waals surface area contributed by atoms with Crippen molar-refractivity contribution in [3.63, 3.8) is 0 Å². The Morgan fingerprint density at radius 2 is 1.86 bits per heavy atom. The van der Waals surface area contributed by atoms with Crippen LogP contribution in [0.1, 0.15) is 10.5 Å². The Hall–Kier alpha value is -3.62. The van der Waals surface area contributed by atoms with Crippen molar-refractivity contribution in [3.05, 3.63) is 70.7 Å². The normalized spacial score (nSPS) is 13.8. The minimum Gasteiger partial charge on any atom is -0.350 e. The second-order valence-electron chi connectivity index (χ2n) is 6.88. The Labute approximate surface area is 166 Å². The fourth-order valence-corrected chi connectivity index (χ4v) is 3.21. The maximum Gasteiger partial charge on any atom is 0.274 e. The van der Waals surface area contributed by atoms with E-state index in [0.29, 0.717) is 18.7 Å². The topological polar surface area (TPSA) is 84.2 Å². The van der Waals surface area contributed by atoms with E-state index >= 15 is 0 Å². The quantitative estimate of drug-likeness (QED) is 0.664. The first kappa shape index (κ1) is 18.7. The smallest absolute Gasteiger partial charge is 0.274 e. The maximum absolute atomic E-state index is 15.0. The van der Waals surface area contributed by atoms with Gasteiger partial charge in [-0.25, -0.2) is 19.0 Å². The Morgan fingerprint density at radius 1 is 1.14 bits per heavy atom. The summed E-state index contributed by atoms with van der Waals surface area (Å²) < 4.78 is 16.1. The van der Waals surface area contributed by atoms with Crippen LogP contribution in [0.25, 0.3) is 11.3 Å². The van der Waals surface area contributed by atoms with E-state index in [1.54, 1.807) is 29.0 Å². The molecule has 3 aromatic rings. The molecule has 1 amide bonds. The molecule has 1 aromatic carbocycles. The Balaban J connectivity index is 1.48. The van der Waals surface area contributed by atoms with Crippen molar-refractivity contribution in [2.75, 3.05) is 25.0 Å².